The summed E-state index contributed by atoms with van der Waals surface area (Å²) in [7, 11) is -3.65. The maximum absolute atomic E-state index is 13.0. The Morgan fingerprint density at radius 2 is 2.00 bits per heavy atom. The van der Waals surface area contributed by atoms with Crippen LogP contribution in [0.1, 0.15) is 11.3 Å². The topological polar surface area (TPSA) is 96.2 Å². The largest absolute Gasteiger partial charge is 0.472 e. The smallest absolute Gasteiger partial charge is 0.245 e. The Kier molecular flexibility index (Phi) is 4.26. The number of aryl methyl sites for hydroxylation is 1. The lowest BCUT2D eigenvalue weighted by atomic mass is 10.2. The highest BCUT2D eigenvalue weighted by atomic mass is 32.2. The number of pyridine rings is 2. The summed E-state index contributed by atoms with van der Waals surface area (Å²) in [6.45, 7) is 2.32. The van der Waals surface area contributed by atoms with E-state index in [9.17, 15) is 8.42 Å². The van der Waals surface area contributed by atoms with Crippen molar-refractivity contribution >= 4 is 20.9 Å². The minimum Gasteiger partial charge on any atom is -0.472 e. The van der Waals surface area contributed by atoms with Crippen molar-refractivity contribution in [2.24, 2.45) is 0 Å². The van der Waals surface area contributed by atoms with Gasteiger partial charge in [-0.3, -0.25) is 4.98 Å². The first-order valence-electron chi connectivity index (χ1n) is 8.37. The minimum absolute atomic E-state index is 0.207. The Hall–Kier alpha value is -3.02. The highest BCUT2D eigenvalue weighted by Crippen LogP contribution is 2.28. The van der Waals surface area contributed by atoms with Gasteiger partial charge in [0.25, 0.3) is 0 Å². The zero-order chi connectivity index (χ0) is 19.0. The van der Waals surface area contributed by atoms with Crippen LogP contribution in [0.5, 0.6) is 5.88 Å². The van der Waals surface area contributed by atoms with E-state index in [-0.39, 0.29) is 24.1 Å². The Labute approximate surface area is 156 Å². The fourth-order valence-corrected chi connectivity index (χ4v) is 4.58. The van der Waals surface area contributed by atoms with E-state index in [1.165, 1.54) is 10.5 Å². The first-order valence-corrected chi connectivity index (χ1v) is 9.81. The molecule has 7 nitrogen and oxygen atoms in total. The maximum Gasteiger partial charge on any atom is 0.245 e. The van der Waals surface area contributed by atoms with Gasteiger partial charge in [-0.15, -0.1) is 0 Å². The molecule has 0 aliphatic carbocycles. The molecule has 1 aliphatic heterocycles. The lowest BCUT2D eigenvalue weighted by Crippen LogP contribution is -2.56. The molecule has 1 saturated heterocycles. The van der Waals surface area contributed by atoms with Crippen LogP contribution in [-0.2, 0) is 10.0 Å². The highest BCUT2D eigenvalue weighted by Gasteiger charge is 2.39. The number of nitriles is 1. The average Bonchev–Trinajstić information content (AvgIpc) is 2.64. The third-order valence-electron chi connectivity index (χ3n) is 4.41. The molecule has 1 aromatic carbocycles. The first kappa shape index (κ1) is 17.4. The Bertz CT molecular complexity index is 1150. The van der Waals surface area contributed by atoms with Crippen molar-refractivity contribution in [3.8, 4) is 11.9 Å². The SMILES string of the molecule is Cc1ccc2cccc(S(=O)(=O)N3CC(Oc4ccc(C#N)cn4)C3)c2n1. The van der Waals surface area contributed by atoms with E-state index in [4.69, 9.17) is 10.00 Å². The van der Waals surface area contributed by atoms with Crippen LogP contribution in [0.15, 0.2) is 53.6 Å². The molecule has 0 unspecified atom stereocenters. The van der Waals surface area contributed by atoms with Gasteiger partial charge in [0.05, 0.1) is 24.2 Å². The fourth-order valence-electron chi connectivity index (χ4n) is 2.92. The van der Waals surface area contributed by atoms with Gasteiger partial charge in [0.1, 0.15) is 17.1 Å². The minimum atomic E-state index is -3.65. The second kappa shape index (κ2) is 6.61. The molecular weight excluding hydrogens is 364 g/mol. The van der Waals surface area contributed by atoms with E-state index in [0.29, 0.717) is 17.0 Å². The lowest BCUT2D eigenvalue weighted by Gasteiger charge is -2.37. The van der Waals surface area contributed by atoms with Gasteiger partial charge < -0.3 is 4.74 Å². The molecular formula is C19H16N4O3S. The zero-order valence-corrected chi connectivity index (χ0v) is 15.3. The number of benzene rings is 1. The van der Waals surface area contributed by atoms with Crippen molar-refractivity contribution in [2.45, 2.75) is 17.9 Å². The van der Waals surface area contributed by atoms with Crippen molar-refractivity contribution in [1.29, 1.82) is 5.26 Å². The molecule has 2 aromatic heterocycles. The van der Waals surface area contributed by atoms with Crippen molar-refractivity contribution in [2.75, 3.05) is 13.1 Å². The molecule has 0 amide bonds. The summed E-state index contributed by atoms with van der Waals surface area (Å²) < 4.78 is 33.1. The van der Waals surface area contributed by atoms with E-state index in [2.05, 4.69) is 9.97 Å². The Balaban J connectivity index is 1.52. The Morgan fingerprint density at radius 3 is 2.70 bits per heavy atom. The third kappa shape index (κ3) is 3.23. The number of rotatable bonds is 4. The van der Waals surface area contributed by atoms with Crippen molar-refractivity contribution < 1.29 is 13.2 Å². The van der Waals surface area contributed by atoms with Crippen molar-refractivity contribution in [3.63, 3.8) is 0 Å². The second-order valence-electron chi connectivity index (χ2n) is 6.34. The second-order valence-corrected chi connectivity index (χ2v) is 8.25. The van der Waals surface area contributed by atoms with Crippen LogP contribution in [0.2, 0.25) is 0 Å². The summed E-state index contributed by atoms with van der Waals surface area (Å²) in [5.41, 5.74) is 1.69. The highest BCUT2D eigenvalue weighted by molar-refractivity contribution is 7.89. The molecule has 0 bridgehead atoms. The van der Waals surface area contributed by atoms with Crippen molar-refractivity contribution in [3.05, 3.63) is 59.9 Å². The van der Waals surface area contributed by atoms with Crippen molar-refractivity contribution in [1.82, 2.24) is 14.3 Å². The number of hydrogen-bond donors (Lipinski definition) is 0. The van der Waals surface area contributed by atoms with Gasteiger partial charge in [-0.2, -0.15) is 9.57 Å². The molecule has 1 aliphatic rings. The molecule has 3 heterocycles. The van der Waals surface area contributed by atoms with Gasteiger partial charge in [-0.05, 0) is 25.1 Å². The van der Waals surface area contributed by atoms with Gasteiger partial charge >= 0.3 is 0 Å². The van der Waals surface area contributed by atoms with Gasteiger partial charge in [0, 0.05) is 23.3 Å². The van der Waals surface area contributed by atoms with Gasteiger partial charge in [-0.1, -0.05) is 18.2 Å². The third-order valence-corrected chi connectivity index (χ3v) is 6.27. The van der Waals surface area contributed by atoms with E-state index in [1.54, 1.807) is 24.3 Å². The summed E-state index contributed by atoms with van der Waals surface area (Å²) in [5, 5.41) is 9.57. The number of aromatic nitrogens is 2. The molecule has 0 atom stereocenters. The normalized spacial score (nSPS) is 15.3. The molecule has 1 fully saturated rings. The van der Waals surface area contributed by atoms with Crippen LogP contribution in [0.3, 0.4) is 0 Å². The molecule has 4 rings (SSSR count). The van der Waals surface area contributed by atoms with E-state index < -0.39 is 10.0 Å². The summed E-state index contributed by atoms with van der Waals surface area (Å²) in [4.78, 5) is 8.66. The monoisotopic (exact) mass is 380 g/mol. The predicted molar refractivity (Wildman–Crippen MR) is 98.6 cm³/mol. The van der Waals surface area contributed by atoms with Gasteiger partial charge in [0.2, 0.25) is 15.9 Å². The molecule has 27 heavy (non-hydrogen) atoms. The van der Waals surface area contributed by atoms with E-state index >= 15 is 0 Å². The number of fused-ring (bicyclic) bond motifs is 1. The van der Waals surface area contributed by atoms with Crippen LogP contribution in [-0.4, -0.2) is 41.9 Å². The number of para-hydroxylation sites is 1. The molecule has 0 spiro atoms. The van der Waals surface area contributed by atoms with E-state index in [1.807, 2.05) is 31.2 Å². The Morgan fingerprint density at radius 1 is 1.19 bits per heavy atom. The summed E-state index contributed by atoms with van der Waals surface area (Å²) in [6.07, 6.45) is 1.15. The van der Waals surface area contributed by atoms with Crippen LogP contribution >= 0.6 is 0 Å². The fraction of sp³-hybridized carbons (Fsp3) is 0.211. The first-order chi connectivity index (χ1) is 13.0. The van der Waals surface area contributed by atoms with Crippen LogP contribution in [0, 0.1) is 18.3 Å². The number of nitrogens with zero attached hydrogens (tertiary/aromatic N) is 4. The van der Waals surface area contributed by atoms with Gasteiger partial charge in [0.15, 0.2) is 0 Å². The molecule has 136 valence electrons. The summed E-state index contributed by atoms with van der Waals surface area (Å²) in [5.74, 6) is 0.374. The van der Waals surface area contributed by atoms with Gasteiger partial charge in [-0.25, -0.2) is 13.4 Å². The lowest BCUT2D eigenvalue weighted by molar-refractivity contribution is 0.0721. The molecule has 8 heteroatoms. The summed E-state index contributed by atoms with van der Waals surface area (Å²) in [6, 6.07) is 14.1. The molecule has 3 aromatic rings. The standard InChI is InChI=1S/C19H16N4O3S/c1-13-5-7-15-3-2-4-17(19(15)22-13)27(24,25)23-11-16(12-23)26-18-8-6-14(9-20)10-21-18/h2-8,10,16H,11-12H2,1H3. The summed E-state index contributed by atoms with van der Waals surface area (Å²) >= 11 is 0. The zero-order valence-electron chi connectivity index (χ0n) is 14.5. The van der Waals surface area contributed by atoms with Crippen LogP contribution in [0.4, 0.5) is 0 Å². The molecule has 0 N–H and O–H groups in total. The quantitative estimate of drug-likeness (QED) is 0.689. The number of sulfonamides is 1. The average molecular weight is 380 g/mol. The number of hydrogen-bond acceptors (Lipinski definition) is 6. The van der Waals surface area contributed by atoms with Crippen LogP contribution < -0.4 is 4.74 Å². The number of ether oxygens (including phenoxy) is 1. The van der Waals surface area contributed by atoms with Crippen LogP contribution in [0.25, 0.3) is 10.9 Å². The van der Waals surface area contributed by atoms with E-state index in [0.717, 1.165) is 11.1 Å². The molecule has 0 radical (unpaired) electrons. The molecule has 0 saturated carbocycles. The predicted octanol–water partition coefficient (Wildman–Crippen LogP) is 2.26. The maximum atomic E-state index is 13.0.